The fourth-order valence-corrected chi connectivity index (χ4v) is 2.88. The van der Waals surface area contributed by atoms with E-state index in [-0.39, 0.29) is 17.6 Å². The van der Waals surface area contributed by atoms with Gasteiger partial charge in [-0.05, 0) is 19.1 Å². The van der Waals surface area contributed by atoms with Crippen LogP contribution in [0.5, 0.6) is 5.75 Å². The molecule has 0 aromatic carbocycles. The molecule has 3 rings (SSSR count). The number of amides is 1. The molecule has 0 aliphatic carbocycles. The van der Waals surface area contributed by atoms with Crippen molar-refractivity contribution in [2.45, 2.75) is 32.0 Å². The Labute approximate surface area is 152 Å². The Morgan fingerprint density at radius 3 is 2.52 bits per heavy atom. The maximum Gasteiger partial charge on any atom is 0.433 e. The van der Waals surface area contributed by atoms with E-state index in [1.54, 1.807) is 17.9 Å². The van der Waals surface area contributed by atoms with Gasteiger partial charge in [-0.15, -0.1) is 0 Å². The summed E-state index contributed by atoms with van der Waals surface area (Å²) in [7, 11) is 0. The number of pyridine rings is 1. The van der Waals surface area contributed by atoms with Gasteiger partial charge < -0.3 is 14.1 Å². The van der Waals surface area contributed by atoms with Gasteiger partial charge in [0.2, 0.25) is 0 Å². The molecule has 2 aromatic heterocycles. The molecule has 0 bridgehead atoms. The minimum Gasteiger partial charge on any atom is -0.490 e. The number of carbonyl (C=O) groups excluding carboxylic acids is 1. The minimum absolute atomic E-state index is 0.110. The summed E-state index contributed by atoms with van der Waals surface area (Å²) in [4.78, 5) is 28.7. The molecule has 144 valence electrons. The molecule has 2 aromatic rings. The lowest BCUT2D eigenvalue weighted by molar-refractivity contribution is -0.141. The van der Waals surface area contributed by atoms with Gasteiger partial charge in [-0.3, -0.25) is 9.78 Å². The summed E-state index contributed by atoms with van der Waals surface area (Å²) in [6.45, 7) is 2.43. The second-order valence-corrected chi connectivity index (χ2v) is 6.26. The molecule has 1 amide bonds. The molecule has 0 unspecified atom stereocenters. The predicted octanol–water partition coefficient (Wildman–Crippen LogP) is 3.05. The van der Waals surface area contributed by atoms with E-state index in [1.807, 2.05) is 0 Å². The van der Waals surface area contributed by atoms with E-state index in [2.05, 4.69) is 4.98 Å². The van der Waals surface area contributed by atoms with Gasteiger partial charge in [0.25, 0.3) is 5.91 Å². The van der Waals surface area contributed by atoms with Gasteiger partial charge in [-0.2, -0.15) is 13.2 Å². The lowest BCUT2D eigenvalue weighted by atomic mass is 10.1. The van der Waals surface area contributed by atoms with Crippen molar-refractivity contribution < 1.29 is 27.1 Å². The van der Waals surface area contributed by atoms with Crippen LogP contribution in [-0.2, 0) is 6.18 Å². The van der Waals surface area contributed by atoms with Crippen LogP contribution in [-0.4, -0.2) is 35.0 Å². The number of rotatable bonds is 3. The number of carbonyl (C=O) groups is 1. The van der Waals surface area contributed by atoms with Crippen LogP contribution in [0.15, 0.2) is 39.7 Å². The highest BCUT2D eigenvalue weighted by Gasteiger charge is 2.32. The van der Waals surface area contributed by atoms with Crippen LogP contribution in [0.3, 0.4) is 0 Å². The molecule has 0 radical (unpaired) electrons. The average molecular weight is 382 g/mol. The average Bonchev–Trinajstić information content (AvgIpc) is 2.60. The van der Waals surface area contributed by atoms with Crippen molar-refractivity contribution in [2.75, 3.05) is 13.1 Å². The van der Waals surface area contributed by atoms with Crippen molar-refractivity contribution in [1.82, 2.24) is 9.88 Å². The van der Waals surface area contributed by atoms with Gasteiger partial charge in [-0.25, -0.2) is 4.79 Å². The molecule has 1 aliphatic rings. The number of ether oxygens (including phenoxy) is 1. The van der Waals surface area contributed by atoms with Crippen LogP contribution in [0.4, 0.5) is 13.2 Å². The van der Waals surface area contributed by atoms with Gasteiger partial charge in [0, 0.05) is 38.2 Å². The van der Waals surface area contributed by atoms with Crippen molar-refractivity contribution in [3.05, 3.63) is 57.9 Å². The lowest BCUT2D eigenvalue weighted by Gasteiger charge is -2.32. The third-order valence-electron chi connectivity index (χ3n) is 4.20. The first-order chi connectivity index (χ1) is 12.7. The molecular weight excluding hydrogens is 365 g/mol. The number of piperidine rings is 1. The third-order valence-corrected chi connectivity index (χ3v) is 4.20. The number of alkyl halides is 3. The Morgan fingerprint density at radius 2 is 1.96 bits per heavy atom. The van der Waals surface area contributed by atoms with Crippen LogP contribution in [0.1, 0.15) is 34.7 Å². The van der Waals surface area contributed by atoms with Crippen molar-refractivity contribution >= 4 is 5.91 Å². The molecule has 0 spiro atoms. The molecule has 9 heteroatoms. The Morgan fingerprint density at radius 1 is 1.26 bits per heavy atom. The van der Waals surface area contributed by atoms with Crippen molar-refractivity contribution in [1.29, 1.82) is 0 Å². The first-order valence-corrected chi connectivity index (χ1v) is 8.33. The normalized spacial score (nSPS) is 15.6. The summed E-state index contributed by atoms with van der Waals surface area (Å²) in [6, 6.07) is 4.81. The number of hydrogen-bond acceptors (Lipinski definition) is 5. The van der Waals surface area contributed by atoms with Crippen LogP contribution in [0, 0.1) is 6.92 Å². The number of hydrogen-bond donors (Lipinski definition) is 0. The fourth-order valence-electron chi connectivity index (χ4n) is 2.88. The second kappa shape index (κ2) is 7.42. The number of likely N-dealkylation sites (tertiary alicyclic amines) is 1. The molecule has 6 nitrogen and oxygen atoms in total. The Hall–Kier alpha value is -2.84. The summed E-state index contributed by atoms with van der Waals surface area (Å²) in [5, 5.41) is 0. The van der Waals surface area contributed by atoms with Crippen LogP contribution in [0.25, 0.3) is 0 Å². The molecule has 27 heavy (non-hydrogen) atoms. The smallest absolute Gasteiger partial charge is 0.433 e. The van der Waals surface area contributed by atoms with Gasteiger partial charge in [0.1, 0.15) is 23.3 Å². The molecule has 0 N–H and O–H groups in total. The standard InChI is InChI=1S/C18H17F3N2O4/c1-11-8-14(9-16(24)26-11)27-13-4-6-23(7-5-13)17(25)12-2-3-15(22-10-12)18(19,20)21/h2-3,8-10,13H,4-7H2,1H3. The van der Waals surface area contributed by atoms with E-state index in [9.17, 15) is 22.8 Å². The monoisotopic (exact) mass is 382 g/mol. The van der Waals surface area contributed by atoms with E-state index in [4.69, 9.17) is 9.15 Å². The molecule has 0 atom stereocenters. The van der Waals surface area contributed by atoms with E-state index < -0.39 is 17.5 Å². The third kappa shape index (κ3) is 4.66. The maximum atomic E-state index is 12.6. The molecule has 1 aliphatic heterocycles. The predicted molar refractivity (Wildman–Crippen MR) is 88.5 cm³/mol. The Balaban J connectivity index is 1.58. The Bertz CT molecular complexity index is 869. The molecule has 3 heterocycles. The number of aromatic nitrogens is 1. The fraction of sp³-hybridized carbons (Fsp3) is 0.389. The van der Waals surface area contributed by atoms with Crippen molar-refractivity contribution in [2.24, 2.45) is 0 Å². The minimum atomic E-state index is -4.54. The van der Waals surface area contributed by atoms with Gasteiger partial charge in [0.15, 0.2) is 0 Å². The molecule has 0 saturated carbocycles. The highest BCUT2D eigenvalue weighted by Crippen LogP contribution is 2.27. The lowest BCUT2D eigenvalue weighted by Crippen LogP contribution is -2.41. The molecular formula is C18H17F3N2O4. The summed E-state index contributed by atoms with van der Waals surface area (Å²) in [5.74, 6) is 0.492. The molecule has 1 saturated heterocycles. The van der Waals surface area contributed by atoms with E-state index in [1.165, 1.54) is 6.07 Å². The van der Waals surface area contributed by atoms with Crippen LogP contribution in [0.2, 0.25) is 0 Å². The van der Waals surface area contributed by atoms with Crippen molar-refractivity contribution in [3.8, 4) is 5.75 Å². The quantitative estimate of drug-likeness (QED) is 0.816. The summed E-state index contributed by atoms with van der Waals surface area (Å²) in [5.41, 5.74) is -1.42. The highest BCUT2D eigenvalue weighted by atomic mass is 19.4. The first kappa shape index (κ1) is 18.9. The van der Waals surface area contributed by atoms with Crippen molar-refractivity contribution in [3.63, 3.8) is 0 Å². The maximum absolute atomic E-state index is 12.6. The van der Waals surface area contributed by atoms with Gasteiger partial charge in [-0.1, -0.05) is 0 Å². The van der Waals surface area contributed by atoms with E-state index in [0.717, 1.165) is 18.3 Å². The zero-order chi connectivity index (χ0) is 19.6. The van der Waals surface area contributed by atoms with E-state index in [0.29, 0.717) is 37.4 Å². The number of nitrogens with zero attached hydrogens (tertiary/aromatic N) is 2. The van der Waals surface area contributed by atoms with Crippen LogP contribution >= 0.6 is 0 Å². The summed E-state index contributed by atoms with van der Waals surface area (Å²) >= 11 is 0. The molecule has 1 fully saturated rings. The van der Waals surface area contributed by atoms with Gasteiger partial charge in [0.05, 0.1) is 11.6 Å². The number of aryl methyl sites for hydroxylation is 1. The highest BCUT2D eigenvalue weighted by molar-refractivity contribution is 5.94. The van der Waals surface area contributed by atoms with Gasteiger partial charge >= 0.3 is 11.8 Å². The second-order valence-electron chi connectivity index (χ2n) is 6.26. The topological polar surface area (TPSA) is 72.6 Å². The zero-order valence-electron chi connectivity index (χ0n) is 14.5. The summed E-state index contributed by atoms with van der Waals surface area (Å²) < 4.78 is 48.3. The zero-order valence-corrected chi connectivity index (χ0v) is 14.5. The van der Waals surface area contributed by atoms with Crippen LogP contribution < -0.4 is 10.4 Å². The first-order valence-electron chi connectivity index (χ1n) is 8.33. The number of halogens is 3. The summed E-state index contributed by atoms with van der Waals surface area (Å²) in [6.07, 6.45) is -2.68. The Kier molecular flexibility index (Phi) is 5.20. The van der Waals surface area contributed by atoms with E-state index >= 15 is 0 Å². The largest absolute Gasteiger partial charge is 0.490 e. The SMILES string of the molecule is Cc1cc(OC2CCN(C(=O)c3ccc(C(F)(F)F)nc3)CC2)cc(=O)o1.